The fourth-order valence-corrected chi connectivity index (χ4v) is 2.04. The van der Waals surface area contributed by atoms with Gasteiger partial charge in [-0.3, -0.25) is 0 Å². The average molecular weight is 274 g/mol. The predicted octanol–water partition coefficient (Wildman–Crippen LogP) is 2.44. The van der Waals surface area contributed by atoms with Crippen LogP contribution in [-0.4, -0.2) is 37.0 Å². The van der Waals surface area contributed by atoms with Crippen LogP contribution in [0.5, 0.6) is 0 Å². The summed E-state index contributed by atoms with van der Waals surface area (Å²) < 4.78 is 4.81. The first-order valence-corrected chi connectivity index (χ1v) is 6.64. The molecule has 0 fully saturated rings. The highest BCUT2D eigenvalue weighted by molar-refractivity contribution is 5.67. The Kier molecular flexibility index (Phi) is 7.95. The molecule has 6 nitrogen and oxygen atoms in total. The van der Waals surface area contributed by atoms with E-state index in [4.69, 9.17) is 9.84 Å². The van der Waals surface area contributed by atoms with Gasteiger partial charge in [-0.05, 0) is 31.1 Å². The molecular formula is C13H26N2O4. The number of hydrogen-bond donors (Lipinski definition) is 3. The number of alkyl carbamates (subject to hydrolysis) is 1. The highest BCUT2D eigenvalue weighted by atomic mass is 16.5. The molecule has 0 bridgehead atoms. The quantitative estimate of drug-likeness (QED) is 0.634. The Morgan fingerprint density at radius 1 is 1.32 bits per heavy atom. The van der Waals surface area contributed by atoms with E-state index in [-0.39, 0.29) is 5.41 Å². The van der Waals surface area contributed by atoms with Gasteiger partial charge >= 0.3 is 12.2 Å². The third-order valence-corrected chi connectivity index (χ3v) is 2.80. The summed E-state index contributed by atoms with van der Waals surface area (Å²) in [6.45, 7) is 9.35. The summed E-state index contributed by atoms with van der Waals surface area (Å²) >= 11 is 0. The standard InChI is InChI=1S/C13H26N2O4/c1-5-19-12(18)15-9-13(3,4)8-10(2)6-7-14-11(16)17/h10,14H,5-9H2,1-4H3,(H,15,18)(H,16,17). The molecule has 0 aliphatic carbocycles. The molecule has 0 aliphatic rings. The van der Waals surface area contributed by atoms with Gasteiger partial charge in [0.25, 0.3) is 0 Å². The summed E-state index contributed by atoms with van der Waals surface area (Å²) in [5.41, 5.74) is -0.0462. The van der Waals surface area contributed by atoms with E-state index in [1.165, 1.54) is 0 Å². The molecule has 1 unspecified atom stereocenters. The van der Waals surface area contributed by atoms with Gasteiger partial charge in [0.15, 0.2) is 0 Å². The van der Waals surface area contributed by atoms with Crippen molar-refractivity contribution in [3.8, 4) is 0 Å². The van der Waals surface area contributed by atoms with Crippen LogP contribution in [0.1, 0.15) is 40.5 Å². The second-order valence-corrected chi connectivity index (χ2v) is 5.57. The minimum atomic E-state index is -0.990. The van der Waals surface area contributed by atoms with Crippen molar-refractivity contribution in [3.05, 3.63) is 0 Å². The summed E-state index contributed by atoms with van der Waals surface area (Å²) in [6.07, 6.45) is 0.307. The molecule has 0 saturated carbocycles. The normalized spacial score (nSPS) is 12.6. The molecule has 0 spiro atoms. The molecule has 112 valence electrons. The number of carbonyl (C=O) groups is 2. The Morgan fingerprint density at radius 2 is 1.95 bits per heavy atom. The van der Waals surface area contributed by atoms with Crippen LogP contribution in [0.3, 0.4) is 0 Å². The highest BCUT2D eigenvalue weighted by Crippen LogP contribution is 2.26. The Morgan fingerprint density at radius 3 is 2.47 bits per heavy atom. The molecule has 0 radical (unpaired) electrons. The van der Waals surface area contributed by atoms with Gasteiger partial charge in [0.1, 0.15) is 0 Å². The van der Waals surface area contributed by atoms with Gasteiger partial charge in [0.2, 0.25) is 0 Å². The van der Waals surface area contributed by atoms with Crippen molar-refractivity contribution >= 4 is 12.2 Å². The average Bonchev–Trinajstić information content (AvgIpc) is 2.25. The number of amides is 2. The molecule has 6 heteroatoms. The van der Waals surface area contributed by atoms with Crippen molar-refractivity contribution in [3.63, 3.8) is 0 Å². The minimum absolute atomic E-state index is 0.0462. The van der Waals surface area contributed by atoms with Crippen LogP contribution in [0, 0.1) is 11.3 Å². The summed E-state index contributed by atoms with van der Waals surface area (Å²) in [6, 6.07) is 0. The molecule has 0 aromatic heterocycles. The first-order valence-electron chi connectivity index (χ1n) is 6.64. The first kappa shape index (κ1) is 17.5. The molecular weight excluding hydrogens is 248 g/mol. The zero-order chi connectivity index (χ0) is 14.9. The third kappa shape index (κ3) is 10.2. The molecule has 0 aromatic carbocycles. The van der Waals surface area contributed by atoms with E-state index in [1.54, 1.807) is 6.92 Å². The maximum absolute atomic E-state index is 11.2. The summed E-state index contributed by atoms with van der Waals surface area (Å²) in [5, 5.41) is 13.6. The van der Waals surface area contributed by atoms with Crippen LogP contribution in [0.2, 0.25) is 0 Å². The van der Waals surface area contributed by atoms with Gasteiger partial charge in [0, 0.05) is 13.1 Å². The first-order chi connectivity index (χ1) is 8.76. The van der Waals surface area contributed by atoms with Crippen LogP contribution < -0.4 is 10.6 Å². The van der Waals surface area contributed by atoms with Gasteiger partial charge in [-0.1, -0.05) is 20.8 Å². The van der Waals surface area contributed by atoms with Crippen LogP contribution in [-0.2, 0) is 4.74 Å². The number of ether oxygens (including phenoxy) is 1. The zero-order valence-corrected chi connectivity index (χ0v) is 12.3. The van der Waals surface area contributed by atoms with Crippen molar-refractivity contribution in [1.82, 2.24) is 10.6 Å². The van der Waals surface area contributed by atoms with Crippen LogP contribution in [0.25, 0.3) is 0 Å². The molecule has 0 aliphatic heterocycles. The van der Waals surface area contributed by atoms with E-state index in [0.717, 1.165) is 12.8 Å². The van der Waals surface area contributed by atoms with Crippen molar-refractivity contribution in [2.75, 3.05) is 19.7 Å². The minimum Gasteiger partial charge on any atom is -0.465 e. The SMILES string of the molecule is CCOC(=O)NCC(C)(C)CC(C)CCNC(=O)O. The molecule has 0 aromatic rings. The molecule has 0 saturated heterocycles. The lowest BCUT2D eigenvalue weighted by atomic mass is 9.82. The molecule has 2 amide bonds. The van der Waals surface area contributed by atoms with E-state index in [1.807, 2.05) is 0 Å². The van der Waals surface area contributed by atoms with Crippen molar-refractivity contribution in [2.24, 2.45) is 11.3 Å². The van der Waals surface area contributed by atoms with E-state index in [2.05, 4.69) is 31.4 Å². The maximum Gasteiger partial charge on any atom is 0.407 e. The van der Waals surface area contributed by atoms with Crippen molar-refractivity contribution in [2.45, 2.75) is 40.5 Å². The van der Waals surface area contributed by atoms with Crippen LogP contribution in [0.15, 0.2) is 0 Å². The Labute approximate surface area is 114 Å². The van der Waals surface area contributed by atoms with E-state index in [9.17, 15) is 9.59 Å². The number of hydrogen-bond acceptors (Lipinski definition) is 3. The Balaban J connectivity index is 3.92. The van der Waals surface area contributed by atoms with Crippen molar-refractivity contribution < 1.29 is 19.4 Å². The molecule has 19 heavy (non-hydrogen) atoms. The predicted molar refractivity (Wildman–Crippen MR) is 73.2 cm³/mol. The molecule has 0 rings (SSSR count). The summed E-state index contributed by atoms with van der Waals surface area (Å²) in [4.78, 5) is 21.5. The van der Waals surface area contributed by atoms with Gasteiger partial charge in [-0.25, -0.2) is 9.59 Å². The largest absolute Gasteiger partial charge is 0.465 e. The summed E-state index contributed by atoms with van der Waals surface area (Å²) in [5.74, 6) is 0.380. The van der Waals surface area contributed by atoms with Gasteiger partial charge in [-0.2, -0.15) is 0 Å². The summed E-state index contributed by atoms with van der Waals surface area (Å²) in [7, 11) is 0. The number of carboxylic acid groups (broad SMARTS) is 1. The van der Waals surface area contributed by atoms with E-state index < -0.39 is 12.2 Å². The van der Waals surface area contributed by atoms with E-state index >= 15 is 0 Å². The van der Waals surface area contributed by atoms with Crippen LogP contribution in [0.4, 0.5) is 9.59 Å². The number of nitrogens with one attached hydrogen (secondary N) is 2. The lowest BCUT2D eigenvalue weighted by Crippen LogP contribution is -2.35. The topological polar surface area (TPSA) is 87.7 Å². The van der Waals surface area contributed by atoms with Crippen LogP contribution >= 0.6 is 0 Å². The van der Waals surface area contributed by atoms with Gasteiger partial charge in [-0.15, -0.1) is 0 Å². The molecule has 0 heterocycles. The zero-order valence-electron chi connectivity index (χ0n) is 12.3. The molecule has 1 atom stereocenters. The second kappa shape index (κ2) is 8.61. The highest BCUT2D eigenvalue weighted by Gasteiger charge is 2.22. The Hall–Kier alpha value is -1.46. The van der Waals surface area contributed by atoms with Crippen molar-refractivity contribution in [1.29, 1.82) is 0 Å². The maximum atomic E-state index is 11.2. The third-order valence-electron chi connectivity index (χ3n) is 2.80. The number of carbonyl (C=O) groups excluding carboxylic acids is 1. The lowest BCUT2D eigenvalue weighted by molar-refractivity contribution is 0.144. The fourth-order valence-electron chi connectivity index (χ4n) is 2.04. The van der Waals surface area contributed by atoms with Gasteiger partial charge in [0.05, 0.1) is 6.61 Å². The smallest absolute Gasteiger partial charge is 0.407 e. The number of rotatable bonds is 8. The fraction of sp³-hybridized carbons (Fsp3) is 0.846. The monoisotopic (exact) mass is 274 g/mol. The second-order valence-electron chi connectivity index (χ2n) is 5.57. The van der Waals surface area contributed by atoms with E-state index in [0.29, 0.717) is 25.6 Å². The Bertz CT molecular complexity index is 292. The van der Waals surface area contributed by atoms with Gasteiger partial charge < -0.3 is 20.5 Å². The lowest BCUT2D eigenvalue weighted by Gasteiger charge is -2.28. The molecule has 3 N–H and O–H groups in total.